The Morgan fingerprint density at radius 1 is 1.04 bits per heavy atom. The highest BCUT2D eigenvalue weighted by molar-refractivity contribution is 14.1. The molecule has 5 rings (SSSR count). The average molecular weight is 805 g/mol. The molecule has 0 aliphatic carbocycles. The Morgan fingerprint density at radius 2 is 1.71 bits per heavy atom. The molecule has 0 spiro atoms. The van der Waals surface area contributed by atoms with E-state index < -0.39 is 17.8 Å². The Bertz CT molecular complexity index is 1990. The van der Waals surface area contributed by atoms with E-state index in [-0.39, 0.29) is 30.3 Å². The summed E-state index contributed by atoms with van der Waals surface area (Å²) in [5.41, 5.74) is 2.78. The molecule has 1 aromatic heterocycles. The molecule has 1 aliphatic heterocycles. The first-order valence-corrected chi connectivity index (χ1v) is 16.6. The summed E-state index contributed by atoms with van der Waals surface area (Å²) in [4.78, 5) is 44.1. The van der Waals surface area contributed by atoms with Crippen LogP contribution in [-0.2, 0) is 20.9 Å². The zero-order chi connectivity index (χ0) is 32.2. The SMILES string of the molecule is CCOC(=O)C1=C(C)N=c2s/c(=C\c3cc(Br)cc(I)c3OCc3ccc(C(=O)OCC)cc3)c(=O)n2[C@@H]1c1ccc(F)cc1. The number of halogens is 3. The molecule has 0 saturated heterocycles. The molecule has 0 fully saturated rings. The van der Waals surface area contributed by atoms with E-state index in [1.807, 2.05) is 12.1 Å². The third-order valence-corrected chi connectivity index (χ3v) is 9.12. The molecule has 0 saturated carbocycles. The van der Waals surface area contributed by atoms with Gasteiger partial charge < -0.3 is 14.2 Å². The van der Waals surface area contributed by atoms with Gasteiger partial charge in [0.1, 0.15) is 18.2 Å². The van der Waals surface area contributed by atoms with E-state index >= 15 is 0 Å². The monoisotopic (exact) mass is 804 g/mol. The summed E-state index contributed by atoms with van der Waals surface area (Å²) >= 11 is 6.91. The van der Waals surface area contributed by atoms with Crippen LogP contribution in [0.15, 0.2) is 86.2 Å². The normalized spacial score (nSPS) is 14.5. The van der Waals surface area contributed by atoms with Gasteiger partial charge in [0.2, 0.25) is 0 Å². The fourth-order valence-electron chi connectivity index (χ4n) is 4.84. The van der Waals surface area contributed by atoms with Gasteiger partial charge in [-0.1, -0.05) is 51.5 Å². The molecule has 0 radical (unpaired) electrons. The number of hydrogen-bond donors (Lipinski definition) is 0. The number of carbonyl (C=O) groups is 2. The Balaban J connectivity index is 1.56. The lowest BCUT2D eigenvalue weighted by atomic mass is 9.96. The summed E-state index contributed by atoms with van der Waals surface area (Å²) < 4.78 is 33.9. The summed E-state index contributed by atoms with van der Waals surface area (Å²) in [6.07, 6.45) is 1.74. The minimum Gasteiger partial charge on any atom is -0.487 e. The van der Waals surface area contributed by atoms with Gasteiger partial charge in [-0.25, -0.2) is 19.0 Å². The number of benzene rings is 3. The number of esters is 2. The van der Waals surface area contributed by atoms with E-state index in [9.17, 15) is 18.8 Å². The van der Waals surface area contributed by atoms with E-state index in [0.29, 0.717) is 44.1 Å². The maximum Gasteiger partial charge on any atom is 0.338 e. The molecular weight excluding hydrogens is 778 g/mol. The molecule has 232 valence electrons. The van der Waals surface area contributed by atoms with Crippen LogP contribution in [0, 0.1) is 9.39 Å². The fourth-order valence-corrected chi connectivity index (χ4v) is 7.58. The smallest absolute Gasteiger partial charge is 0.338 e. The highest BCUT2D eigenvalue weighted by Crippen LogP contribution is 2.33. The minimum atomic E-state index is -0.848. The number of carbonyl (C=O) groups excluding carboxylic acids is 2. The van der Waals surface area contributed by atoms with Crippen molar-refractivity contribution in [2.24, 2.45) is 4.99 Å². The van der Waals surface area contributed by atoms with Crippen molar-refractivity contribution in [2.75, 3.05) is 13.2 Å². The van der Waals surface area contributed by atoms with Gasteiger partial charge in [-0.2, -0.15) is 0 Å². The van der Waals surface area contributed by atoms with Crippen molar-refractivity contribution >= 4 is 67.9 Å². The average Bonchev–Trinajstić information content (AvgIpc) is 3.30. The van der Waals surface area contributed by atoms with Crippen molar-refractivity contribution in [1.82, 2.24) is 4.57 Å². The van der Waals surface area contributed by atoms with Gasteiger partial charge in [0, 0.05) is 10.0 Å². The maximum atomic E-state index is 14.0. The lowest BCUT2D eigenvalue weighted by molar-refractivity contribution is -0.139. The van der Waals surface area contributed by atoms with Gasteiger partial charge in [-0.15, -0.1) is 0 Å². The number of allylic oxidation sites excluding steroid dienone is 1. The Hall–Kier alpha value is -3.62. The van der Waals surface area contributed by atoms with Crippen LogP contribution in [-0.4, -0.2) is 29.7 Å². The summed E-state index contributed by atoms with van der Waals surface area (Å²) in [5.74, 6) is -0.842. The molecule has 0 bridgehead atoms. The number of nitrogens with zero attached hydrogens (tertiary/aromatic N) is 2. The van der Waals surface area contributed by atoms with Gasteiger partial charge in [0.15, 0.2) is 4.80 Å². The van der Waals surface area contributed by atoms with Crippen molar-refractivity contribution in [1.29, 1.82) is 0 Å². The van der Waals surface area contributed by atoms with Crippen molar-refractivity contribution in [2.45, 2.75) is 33.4 Å². The van der Waals surface area contributed by atoms with Gasteiger partial charge in [-0.3, -0.25) is 9.36 Å². The second-order valence-electron chi connectivity index (χ2n) is 9.87. The standard InChI is InChI=1S/C33H27BrFIN2O6S/c1-4-42-31(40)21-8-6-19(7-9-21)17-44-29-22(14-23(34)16-25(29)36)15-26-30(39)38-28(20-10-12-24(35)13-11-20)27(32(41)43-5-2)18(3)37-33(38)45-26/h6-16,28H,4-5,17H2,1-3H3/b26-15-/t28-/m1/s1. The second-order valence-corrected chi connectivity index (χ2v) is 13.0. The number of aromatic nitrogens is 1. The van der Waals surface area contributed by atoms with Crippen LogP contribution in [0.4, 0.5) is 4.39 Å². The van der Waals surface area contributed by atoms with E-state index in [4.69, 9.17) is 14.2 Å². The molecule has 3 aromatic carbocycles. The zero-order valence-electron chi connectivity index (χ0n) is 24.4. The minimum absolute atomic E-state index is 0.149. The summed E-state index contributed by atoms with van der Waals surface area (Å²) in [6.45, 7) is 5.82. The van der Waals surface area contributed by atoms with Crippen molar-refractivity contribution in [3.8, 4) is 5.75 Å². The first-order chi connectivity index (χ1) is 21.6. The summed E-state index contributed by atoms with van der Waals surface area (Å²) in [7, 11) is 0. The maximum absolute atomic E-state index is 14.0. The largest absolute Gasteiger partial charge is 0.487 e. The Kier molecular flexibility index (Phi) is 10.3. The molecule has 8 nitrogen and oxygen atoms in total. The number of hydrogen-bond acceptors (Lipinski definition) is 8. The van der Waals surface area contributed by atoms with E-state index in [2.05, 4.69) is 43.5 Å². The summed E-state index contributed by atoms with van der Waals surface area (Å²) in [6, 6.07) is 15.6. The molecule has 0 N–H and O–H groups in total. The number of thiazole rings is 1. The molecule has 2 heterocycles. The highest BCUT2D eigenvalue weighted by atomic mass is 127. The van der Waals surface area contributed by atoms with Crippen LogP contribution < -0.4 is 19.6 Å². The third-order valence-electron chi connectivity index (χ3n) is 6.87. The predicted molar refractivity (Wildman–Crippen MR) is 180 cm³/mol. The van der Waals surface area contributed by atoms with Gasteiger partial charge >= 0.3 is 11.9 Å². The van der Waals surface area contributed by atoms with Gasteiger partial charge in [0.05, 0.1) is 44.2 Å². The van der Waals surface area contributed by atoms with Crippen LogP contribution in [0.2, 0.25) is 0 Å². The molecule has 0 unspecified atom stereocenters. The molecule has 45 heavy (non-hydrogen) atoms. The van der Waals surface area contributed by atoms with Gasteiger partial charge in [0.25, 0.3) is 5.56 Å². The van der Waals surface area contributed by atoms with E-state index in [0.717, 1.165) is 13.6 Å². The van der Waals surface area contributed by atoms with Gasteiger partial charge in [-0.05, 0) is 97.0 Å². The van der Waals surface area contributed by atoms with Crippen LogP contribution in [0.3, 0.4) is 0 Å². The first kappa shape index (κ1) is 32.8. The van der Waals surface area contributed by atoms with Crippen molar-refractivity contribution in [3.05, 3.63) is 128 Å². The van der Waals surface area contributed by atoms with E-state index in [1.165, 1.54) is 28.0 Å². The van der Waals surface area contributed by atoms with E-state index in [1.54, 1.807) is 63.2 Å². The Morgan fingerprint density at radius 3 is 2.38 bits per heavy atom. The molecule has 0 amide bonds. The van der Waals surface area contributed by atoms with Crippen LogP contribution >= 0.6 is 49.9 Å². The lowest BCUT2D eigenvalue weighted by Crippen LogP contribution is -2.39. The second kappa shape index (κ2) is 14.2. The predicted octanol–water partition coefficient (Wildman–Crippen LogP) is 6.06. The Labute approximate surface area is 284 Å². The number of ether oxygens (including phenoxy) is 3. The molecule has 4 aromatic rings. The van der Waals surface area contributed by atoms with Crippen LogP contribution in [0.1, 0.15) is 53.9 Å². The molecular formula is C33H27BrFIN2O6S. The topological polar surface area (TPSA) is 96.2 Å². The van der Waals surface area contributed by atoms with Crippen molar-refractivity contribution in [3.63, 3.8) is 0 Å². The molecule has 1 aliphatic rings. The van der Waals surface area contributed by atoms with Crippen molar-refractivity contribution < 1.29 is 28.2 Å². The number of fused-ring (bicyclic) bond motifs is 1. The highest BCUT2D eigenvalue weighted by Gasteiger charge is 2.33. The quantitative estimate of drug-likeness (QED) is 0.151. The van der Waals surface area contributed by atoms with Crippen LogP contribution in [0.25, 0.3) is 6.08 Å². The third kappa shape index (κ3) is 7.12. The molecule has 1 atom stereocenters. The van der Waals surface area contributed by atoms with Crippen LogP contribution in [0.5, 0.6) is 5.75 Å². The zero-order valence-corrected chi connectivity index (χ0v) is 29.0. The lowest BCUT2D eigenvalue weighted by Gasteiger charge is -2.24. The number of rotatable bonds is 9. The fraction of sp³-hybridized carbons (Fsp3) is 0.212. The summed E-state index contributed by atoms with van der Waals surface area (Å²) in [5, 5.41) is 0. The first-order valence-electron chi connectivity index (χ1n) is 13.9. The molecule has 12 heteroatoms.